The van der Waals surface area contributed by atoms with Gasteiger partial charge in [-0.25, -0.2) is 0 Å². The molecule has 1 N–H and O–H groups in total. The molecule has 0 bridgehead atoms. The van der Waals surface area contributed by atoms with E-state index in [-0.39, 0.29) is 0 Å². The summed E-state index contributed by atoms with van der Waals surface area (Å²) >= 11 is 0. The summed E-state index contributed by atoms with van der Waals surface area (Å²) < 4.78 is 0. The number of nitrogens with one attached hydrogen (secondary N) is 1. The van der Waals surface area contributed by atoms with Gasteiger partial charge in [0.15, 0.2) is 5.82 Å². The summed E-state index contributed by atoms with van der Waals surface area (Å²) in [5, 5.41) is 15.4. The van der Waals surface area contributed by atoms with Crippen molar-refractivity contribution < 1.29 is 0 Å². The van der Waals surface area contributed by atoms with Crippen LogP contribution in [0.5, 0.6) is 0 Å². The van der Waals surface area contributed by atoms with E-state index in [1.54, 1.807) is 7.05 Å². The topological polar surface area (TPSA) is 58.9 Å². The molecule has 2 aliphatic rings. The first kappa shape index (κ1) is 10.2. The zero-order chi connectivity index (χ0) is 11.0. The third-order valence-electron chi connectivity index (χ3n) is 3.38. The normalized spacial score (nSPS) is 26.4. The van der Waals surface area contributed by atoms with Crippen molar-refractivity contribution in [2.75, 3.05) is 13.1 Å². The van der Waals surface area contributed by atoms with Gasteiger partial charge in [0.25, 0.3) is 0 Å². The summed E-state index contributed by atoms with van der Waals surface area (Å²) in [5.74, 6) is 0.785. The number of tetrazole rings is 1. The van der Waals surface area contributed by atoms with Crippen LogP contribution >= 0.6 is 0 Å². The van der Waals surface area contributed by atoms with Crippen LogP contribution in [-0.4, -0.2) is 50.3 Å². The molecule has 1 atom stereocenters. The molecule has 0 amide bonds. The zero-order valence-electron chi connectivity index (χ0n) is 9.63. The van der Waals surface area contributed by atoms with Crippen molar-refractivity contribution >= 4 is 0 Å². The quantitative estimate of drug-likeness (QED) is 0.747. The van der Waals surface area contributed by atoms with E-state index in [0.29, 0.717) is 6.04 Å². The summed E-state index contributed by atoms with van der Waals surface area (Å²) in [4.78, 5) is 4.10. The second kappa shape index (κ2) is 4.10. The first-order valence-electron chi connectivity index (χ1n) is 6.01. The lowest BCUT2D eigenvalue weighted by Gasteiger charge is -2.14. The maximum atomic E-state index is 4.16. The molecule has 1 saturated carbocycles. The SMILES string of the molecule is Cn1nnc(CNC2CCN(C3CC3)C2)n1. The van der Waals surface area contributed by atoms with Crippen molar-refractivity contribution in [2.24, 2.45) is 7.05 Å². The predicted molar refractivity (Wildman–Crippen MR) is 58.6 cm³/mol. The average molecular weight is 222 g/mol. The van der Waals surface area contributed by atoms with Crippen LogP contribution in [0, 0.1) is 0 Å². The predicted octanol–water partition coefficient (Wildman–Crippen LogP) is -0.464. The molecule has 1 saturated heterocycles. The molecule has 0 aromatic carbocycles. The monoisotopic (exact) mass is 222 g/mol. The summed E-state index contributed by atoms with van der Waals surface area (Å²) in [6.07, 6.45) is 4.05. The Kier molecular flexibility index (Phi) is 2.61. The number of aryl methyl sites for hydroxylation is 1. The number of aromatic nitrogens is 4. The largest absolute Gasteiger partial charge is 0.306 e. The molecule has 16 heavy (non-hydrogen) atoms. The van der Waals surface area contributed by atoms with Gasteiger partial charge in [-0.3, -0.25) is 4.90 Å². The van der Waals surface area contributed by atoms with E-state index >= 15 is 0 Å². The minimum absolute atomic E-state index is 0.601. The van der Waals surface area contributed by atoms with Gasteiger partial charge in [0.1, 0.15) is 0 Å². The molecule has 1 unspecified atom stereocenters. The number of likely N-dealkylation sites (tertiary alicyclic amines) is 1. The van der Waals surface area contributed by atoms with Gasteiger partial charge in [0.2, 0.25) is 0 Å². The number of rotatable bonds is 4. The highest BCUT2D eigenvalue weighted by Gasteiger charge is 2.34. The lowest BCUT2D eigenvalue weighted by molar-refractivity contribution is 0.317. The molecule has 2 fully saturated rings. The van der Waals surface area contributed by atoms with Gasteiger partial charge in [-0.05, 0) is 24.5 Å². The van der Waals surface area contributed by atoms with E-state index in [1.165, 1.54) is 37.1 Å². The van der Waals surface area contributed by atoms with E-state index in [2.05, 4.69) is 25.6 Å². The fraction of sp³-hybridized carbons (Fsp3) is 0.900. The van der Waals surface area contributed by atoms with Crippen molar-refractivity contribution in [2.45, 2.75) is 37.9 Å². The van der Waals surface area contributed by atoms with Gasteiger partial charge in [-0.2, -0.15) is 4.80 Å². The fourth-order valence-electron chi connectivity index (χ4n) is 2.35. The number of hydrogen-bond acceptors (Lipinski definition) is 5. The van der Waals surface area contributed by atoms with Crippen LogP contribution in [0.1, 0.15) is 25.1 Å². The van der Waals surface area contributed by atoms with Crippen molar-refractivity contribution in [3.05, 3.63) is 5.82 Å². The van der Waals surface area contributed by atoms with E-state index in [9.17, 15) is 0 Å². The Morgan fingerprint density at radius 1 is 1.38 bits per heavy atom. The molecular weight excluding hydrogens is 204 g/mol. The van der Waals surface area contributed by atoms with Gasteiger partial charge >= 0.3 is 0 Å². The van der Waals surface area contributed by atoms with Crippen molar-refractivity contribution in [3.63, 3.8) is 0 Å². The first-order chi connectivity index (χ1) is 7.81. The molecule has 1 aromatic rings. The van der Waals surface area contributed by atoms with E-state index in [0.717, 1.165) is 18.4 Å². The summed E-state index contributed by atoms with van der Waals surface area (Å²) in [5.41, 5.74) is 0. The van der Waals surface area contributed by atoms with Gasteiger partial charge in [0.05, 0.1) is 13.6 Å². The smallest absolute Gasteiger partial charge is 0.188 e. The van der Waals surface area contributed by atoms with Crippen LogP contribution in [0.4, 0.5) is 0 Å². The molecule has 1 aliphatic heterocycles. The molecule has 2 heterocycles. The lowest BCUT2D eigenvalue weighted by Crippen LogP contribution is -2.33. The minimum atomic E-state index is 0.601. The summed E-state index contributed by atoms with van der Waals surface area (Å²) in [6.45, 7) is 3.16. The molecular formula is C10H18N6. The molecule has 6 heteroatoms. The zero-order valence-corrected chi connectivity index (χ0v) is 9.63. The molecule has 0 radical (unpaired) electrons. The second-order valence-corrected chi connectivity index (χ2v) is 4.79. The average Bonchev–Trinajstić information content (AvgIpc) is 2.87. The Labute approximate surface area is 95.0 Å². The van der Waals surface area contributed by atoms with Crippen LogP contribution in [0.2, 0.25) is 0 Å². The van der Waals surface area contributed by atoms with E-state index in [1.807, 2.05) is 0 Å². The Morgan fingerprint density at radius 2 is 2.25 bits per heavy atom. The molecule has 1 aromatic heterocycles. The van der Waals surface area contributed by atoms with Gasteiger partial charge < -0.3 is 5.32 Å². The number of hydrogen-bond donors (Lipinski definition) is 1. The molecule has 0 spiro atoms. The summed E-state index contributed by atoms with van der Waals surface area (Å²) in [6, 6.07) is 1.49. The Balaban J connectivity index is 1.45. The van der Waals surface area contributed by atoms with E-state index in [4.69, 9.17) is 0 Å². The molecule has 3 rings (SSSR count). The minimum Gasteiger partial charge on any atom is -0.306 e. The Bertz CT molecular complexity index is 358. The Hall–Kier alpha value is -1.01. The highest BCUT2D eigenvalue weighted by molar-refractivity contribution is 4.92. The second-order valence-electron chi connectivity index (χ2n) is 4.79. The summed E-state index contributed by atoms with van der Waals surface area (Å²) in [7, 11) is 1.79. The third kappa shape index (κ3) is 2.22. The standard InChI is InChI=1S/C10H18N6/c1-15-13-10(12-14-15)6-11-8-4-5-16(7-8)9-2-3-9/h8-9,11H,2-7H2,1H3. The molecule has 88 valence electrons. The first-order valence-corrected chi connectivity index (χ1v) is 6.01. The van der Waals surface area contributed by atoms with Crippen molar-refractivity contribution in [1.29, 1.82) is 0 Å². The van der Waals surface area contributed by atoms with Gasteiger partial charge in [-0.1, -0.05) is 0 Å². The number of nitrogens with zero attached hydrogens (tertiary/aromatic N) is 5. The van der Waals surface area contributed by atoms with Crippen LogP contribution in [0.3, 0.4) is 0 Å². The van der Waals surface area contributed by atoms with Gasteiger partial charge in [-0.15, -0.1) is 10.2 Å². The molecule has 6 nitrogen and oxygen atoms in total. The third-order valence-corrected chi connectivity index (χ3v) is 3.38. The van der Waals surface area contributed by atoms with E-state index < -0.39 is 0 Å². The van der Waals surface area contributed by atoms with Crippen LogP contribution in [0.25, 0.3) is 0 Å². The van der Waals surface area contributed by atoms with Crippen LogP contribution in [0.15, 0.2) is 0 Å². The lowest BCUT2D eigenvalue weighted by atomic mass is 10.2. The van der Waals surface area contributed by atoms with Crippen molar-refractivity contribution in [3.8, 4) is 0 Å². The molecule has 1 aliphatic carbocycles. The van der Waals surface area contributed by atoms with Crippen molar-refractivity contribution in [1.82, 2.24) is 30.4 Å². The van der Waals surface area contributed by atoms with Crippen LogP contribution < -0.4 is 5.32 Å². The van der Waals surface area contributed by atoms with Crippen LogP contribution in [-0.2, 0) is 13.6 Å². The highest BCUT2D eigenvalue weighted by atomic mass is 15.6. The maximum absolute atomic E-state index is 4.16. The van der Waals surface area contributed by atoms with Gasteiger partial charge in [0, 0.05) is 25.2 Å². The maximum Gasteiger partial charge on any atom is 0.188 e. The Morgan fingerprint density at radius 3 is 2.94 bits per heavy atom. The highest BCUT2D eigenvalue weighted by Crippen LogP contribution is 2.29. The fourth-order valence-corrected chi connectivity index (χ4v) is 2.35.